The molecule has 22 heavy (non-hydrogen) atoms. The van der Waals surface area contributed by atoms with Gasteiger partial charge in [0, 0.05) is 12.1 Å². The number of anilines is 1. The molecule has 0 aliphatic carbocycles. The van der Waals surface area contributed by atoms with Crippen molar-refractivity contribution in [2.24, 2.45) is 0 Å². The van der Waals surface area contributed by atoms with Crippen LogP contribution in [-0.2, 0) is 9.59 Å². The Bertz CT molecular complexity index is 456. The van der Waals surface area contributed by atoms with E-state index in [4.69, 9.17) is 9.84 Å². The molecular formula is C17H25NO4. The minimum atomic E-state index is -0.974. The van der Waals surface area contributed by atoms with Gasteiger partial charge in [0.05, 0.1) is 13.0 Å². The van der Waals surface area contributed by atoms with Crippen LogP contribution in [0.5, 0.6) is 5.75 Å². The van der Waals surface area contributed by atoms with Gasteiger partial charge in [0.15, 0.2) is 0 Å². The maximum Gasteiger partial charge on any atom is 0.303 e. The van der Waals surface area contributed by atoms with Crippen molar-refractivity contribution in [3.8, 4) is 5.75 Å². The molecule has 122 valence electrons. The monoisotopic (exact) mass is 307 g/mol. The maximum atomic E-state index is 11.5. The Kier molecular flexibility index (Phi) is 8.72. The fourth-order valence-electron chi connectivity index (χ4n) is 1.97. The van der Waals surface area contributed by atoms with E-state index in [-0.39, 0.29) is 18.7 Å². The molecule has 1 aromatic rings. The first-order valence-corrected chi connectivity index (χ1v) is 7.86. The zero-order valence-electron chi connectivity index (χ0n) is 13.1. The van der Waals surface area contributed by atoms with Gasteiger partial charge in [-0.3, -0.25) is 9.59 Å². The highest BCUT2D eigenvalue weighted by Gasteiger charge is 2.05. The SMILES string of the molecule is CCCCCCCOc1ccc(NC(=O)CCC(=O)O)cc1. The van der Waals surface area contributed by atoms with Crippen LogP contribution in [0.3, 0.4) is 0 Å². The Morgan fingerprint density at radius 3 is 2.36 bits per heavy atom. The summed E-state index contributed by atoms with van der Waals surface area (Å²) in [5.41, 5.74) is 0.644. The lowest BCUT2D eigenvalue weighted by molar-refractivity contribution is -0.138. The number of ether oxygens (including phenoxy) is 1. The molecular weight excluding hydrogens is 282 g/mol. The number of hydrogen-bond acceptors (Lipinski definition) is 3. The second-order valence-electron chi connectivity index (χ2n) is 5.23. The van der Waals surface area contributed by atoms with Gasteiger partial charge in [-0.05, 0) is 30.7 Å². The number of carboxylic acid groups (broad SMARTS) is 1. The molecule has 0 heterocycles. The van der Waals surface area contributed by atoms with E-state index in [0.717, 1.165) is 12.2 Å². The first kappa shape index (κ1) is 18.0. The predicted octanol–water partition coefficient (Wildman–Crippen LogP) is 3.84. The zero-order chi connectivity index (χ0) is 16.2. The smallest absolute Gasteiger partial charge is 0.303 e. The van der Waals surface area contributed by atoms with Crippen molar-refractivity contribution in [3.63, 3.8) is 0 Å². The Morgan fingerprint density at radius 1 is 1.05 bits per heavy atom. The molecule has 0 aromatic heterocycles. The number of nitrogens with one attached hydrogen (secondary N) is 1. The third kappa shape index (κ3) is 8.29. The number of aliphatic carboxylic acids is 1. The Hall–Kier alpha value is -2.04. The highest BCUT2D eigenvalue weighted by Crippen LogP contribution is 2.16. The van der Waals surface area contributed by atoms with E-state index in [1.807, 2.05) is 0 Å². The number of carbonyl (C=O) groups excluding carboxylic acids is 1. The Balaban J connectivity index is 2.24. The molecule has 1 amide bonds. The second-order valence-corrected chi connectivity index (χ2v) is 5.23. The van der Waals surface area contributed by atoms with E-state index in [9.17, 15) is 9.59 Å². The fraction of sp³-hybridized carbons (Fsp3) is 0.529. The van der Waals surface area contributed by atoms with E-state index < -0.39 is 5.97 Å². The molecule has 0 spiro atoms. The summed E-state index contributed by atoms with van der Waals surface area (Å²) in [6.07, 6.45) is 5.81. The fourth-order valence-corrected chi connectivity index (χ4v) is 1.97. The van der Waals surface area contributed by atoms with Crippen LogP contribution in [0.4, 0.5) is 5.69 Å². The van der Waals surface area contributed by atoms with Gasteiger partial charge in [0.1, 0.15) is 5.75 Å². The summed E-state index contributed by atoms with van der Waals surface area (Å²) in [7, 11) is 0. The van der Waals surface area contributed by atoms with E-state index in [0.29, 0.717) is 12.3 Å². The van der Waals surface area contributed by atoms with Gasteiger partial charge in [-0.25, -0.2) is 0 Å². The lowest BCUT2D eigenvalue weighted by atomic mass is 10.2. The normalized spacial score (nSPS) is 10.2. The van der Waals surface area contributed by atoms with Gasteiger partial charge in [-0.2, -0.15) is 0 Å². The van der Waals surface area contributed by atoms with Crippen molar-refractivity contribution in [2.45, 2.75) is 51.9 Å². The minimum absolute atomic E-state index is 0.0225. The number of unbranched alkanes of at least 4 members (excludes halogenated alkanes) is 4. The highest BCUT2D eigenvalue weighted by molar-refractivity contribution is 5.92. The molecule has 0 saturated carbocycles. The topological polar surface area (TPSA) is 75.6 Å². The molecule has 0 fully saturated rings. The van der Waals surface area contributed by atoms with Crippen LogP contribution in [0, 0.1) is 0 Å². The van der Waals surface area contributed by atoms with Crippen LogP contribution in [0.1, 0.15) is 51.9 Å². The Morgan fingerprint density at radius 2 is 1.73 bits per heavy atom. The number of rotatable bonds is 11. The molecule has 0 radical (unpaired) electrons. The molecule has 0 atom stereocenters. The molecule has 0 aliphatic rings. The number of amides is 1. The third-order valence-electron chi connectivity index (χ3n) is 3.22. The molecule has 1 aromatic carbocycles. The summed E-state index contributed by atoms with van der Waals surface area (Å²) < 4.78 is 5.63. The van der Waals surface area contributed by atoms with E-state index in [2.05, 4.69) is 12.2 Å². The van der Waals surface area contributed by atoms with Gasteiger partial charge in [0.2, 0.25) is 5.91 Å². The van der Waals surface area contributed by atoms with Gasteiger partial charge < -0.3 is 15.2 Å². The van der Waals surface area contributed by atoms with Crippen molar-refractivity contribution in [1.82, 2.24) is 0 Å². The molecule has 0 aliphatic heterocycles. The summed E-state index contributed by atoms with van der Waals surface area (Å²) >= 11 is 0. The first-order chi connectivity index (χ1) is 10.6. The largest absolute Gasteiger partial charge is 0.494 e. The number of carbonyl (C=O) groups is 2. The van der Waals surface area contributed by atoms with Crippen molar-refractivity contribution < 1.29 is 19.4 Å². The van der Waals surface area contributed by atoms with Gasteiger partial charge >= 0.3 is 5.97 Å². The summed E-state index contributed by atoms with van der Waals surface area (Å²) in [5.74, 6) is -0.496. The van der Waals surface area contributed by atoms with E-state index in [1.165, 1.54) is 25.7 Å². The molecule has 0 saturated heterocycles. The molecule has 2 N–H and O–H groups in total. The third-order valence-corrected chi connectivity index (χ3v) is 3.22. The first-order valence-electron chi connectivity index (χ1n) is 7.86. The summed E-state index contributed by atoms with van der Waals surface area (Å²) in [6.45, 7) is 2.90. The van der Waals surface area contributed by atoms with Gasteiger partial charge in [-0.1, -0.05) is 32.6 Å². The minimum Gasteiger partial charge on any atom is -0.494 e. The second kappa shape index (κ2) is 10.7. The van der Waals surface area contributed by atoms with Crippen LogP contribution < -0.4 is 10.1 Å². The Labute approximate surface area is 131 Å². The maximum absolute atomic E-state index is 11.5. The van der Waals surface area contributed by atoms with Crippen molar-refractivity contribution in [3.05, 3.63) is 24.3 Å². The lowest BCUT2D eigenvalue weighted by Crippen LogP contribution is -2.13. The lowest BCUT2D eigenvalue weighted by Gasteiger charge is -2.08. The highest BCUT2D eigenvalue weighted by atomic mass is 16.5. The number of benzene rings is 1. The molecule has 0 unspecified atom stereocenters. The molecule has 5 nitrogen and oxygen atoms in total. The number of carboxylic acids is 1. The number of hydrogen-bond donors (Lipinski definition) is 2. The van der Waals surface area contributed by atoms with Crippen LogP contribution in [0.2, 0.25) is 0 Å². The van der Waals surface area contributed by atoms with Gasteiger partial charge in [-0.15, -0.1) is 0 Å². The molecule has 0 bridgehead atoms. The quantitative estimate of drug-likeness (QED) is 0.609. The van der Waals surface area contributed by atoms with Crippen molar-refractivity contribution >= 4 is 17.6 Å². The van der Waals surface area contributed by atoms with Crippen LogP contribution in [0.15, 0.2) is 24.3 Å². The summed E-state index contributed by atoms with van der Waals surface area (Å²) in [4.78, 5) is 21.9. The average molecular weight is 307 g/mol. The van der Waals surface area contributed by atoms with Crippen LogP contribution in [-0.4, -0.2) is 23.6 Å². The summed E-state index contributed by atoms with van der Waals surface area (Å²) in [6, 6.07) is 7.12. The van der Waals surface area contributed by atoms with Crippen LogP contribution >= 0.6 is 0 Å². The van der Waals surface area contributed by atoms with Gasteiger partial charge in [0.25, 0.3) is 0 Å². The molecule has 5 heteroatoms. The van der Waals surface area contributed by atoms with E-state index >= 15 is 0 Å². The van der Waals surface area contributed by atoms with E-state index in [1.54, 1.807) is 24.3 Å². The average Bonchev–Trinajstić information content (AvgIpc) is 2.50. The summed E-state index contributed by atoms with van der Waals surface area (Å²) in [5, 5.41) is 11.2. The predicted molar refractivity (Wildman–Crippen MR) is 86.2 cm³/mol. The standard InChI is InChI=1S/C17H25NO4/c1-2-3-4-5-6-13-22-15-9-7-14(8-10-15)18-16(19)11-12-17(20)21/h7-10H,2-6,11-13H2,1H3,(H,18,19)(H,20,21). The van der Waals surface area contributed by atoms with Crippen molar-refractivity contribution in [2.75, 3.05) is 11.9 Å². The van der Waals surface area contributed by atoms with Crippen molar-refractivity contribution in [1.29, 1.82) is 0 Å². The molecule has 1 rings (SSSR count). The van der Waals surface area contributed by atoms with Crippen LogP contribution in [0.25, 0.3) is 0 Å². The zero-order valence-corrected chi connectivity index (χ0v) is 13.1.